The Balaban J connectivity index is 2.41. The fraction of sp³-hybridized carbons (Fsp3) is 0.0625. The summed E-state index contributed by atoms with van der Waals surface area (Å²) in [7, 11) is 1.56. The van der Waals surface area contributed by atoms with Crippen LogP contribution in [0.25, 0.3) is 21.9 Å². The van der Waals surface area contributed by atoms with Crippen molar-refractivity contribution in [2.24, 2.45) is 7.05 Å². The van der Waals surface area contributed by atoms with Crippen molar-refractivity contribution in [2.75, 3.05) is 0 Å². The zero-order valence-corrected chi connectivity index (χ0v) is 11.6. The van der Waals surface area contributed by atoms with Crippen LogP contribution in [0.15, 0.2) is 53.5 Å². The van der Waals surface area contributed by atoms with Crippen LogP contribution in [0.2, 0.25) is 0 Å². The van der Waals surface area contributed by atoms with E-state index in [0.717, 1.165) is 12.1 Å². The molecule has 110 valence electrons. The number of aryl methyl sites for hydroxylation is 1. The zero-order valence-electron chi connectivity index (χ0n) is 11.6. The lowest BCUT2D eigenvalue weighted by Gasteiger charge is -2.10. The highest BCUT2D eigenvalue weighted by Crippen LogP contribution is 2.31. The molecule has 5 nitrogen and oxygen atoms in total. The Bertz CT molecular complexity index is 963. The molecule has 0 saturated carbocycles. The van der Waals surface area contributed by atoms with Gasteiger partial charge < -0.3 is 4.57 Å². The third-order valence-electron chi connectivity index (χ3n) is 3.54. The van der Waals surface area contributed by atoms with Crippen molar-refractivity contribution in [3.05, 3.63) is 74.9 Å². The normalized spacial score (nSPS) is 10.8. The Labute approximate surface area is 124 Å². The molecule has 1 aromatic heterocycles. The van der Waals surface area contributed by atoms with E-state index >= 15 is 0 Å². The van der Waals surface area contributed by atoms with E-state index < -0.39 is 10.7 Å². The summed E-state index contributed by atoms with van der Waals surface area (Å²) in [6.45, 7) is 0. The topological polar surface area (TPSA) is 65.1 Å². The molecule has 0 N–H and O–H groups in total. The van der Waals surface area contributed by atoms with E-state index in [1.165, 1.54) is 16.8 Å². The molecule has 0 amide bonds. The number of hydrogen-bond donors (Lipinski definition) is 0. The van der Waals surface area contributed by atoms with E-state index in [4.69, 9.17) is 0 Å². The first-order valence-corrected chi connectivity index (χ1v) is 6.51. The van der Waals surface area contributed by atoms with Gasteiger partial charge in [0.05, 0.1) is 4.92 Å². The van der Waals surface area contributed by atoms with Gasteiger partial charge >= 0.3 is 0 Å². The first-order valence-electron chi connectivity index (χ1n) is 6.51. The first-order chi connectivity index (χ1) is 10.5. The van der Waals surface area contributed by atoms with Crippen LogP contribution >= 0.6 is 0 Å². The largest absolute Gasteiger partial charge is 0.317 e. The molecule has 0 unspecified atom stereocenters. The average Bonchev–Trinajstić information content (AvgIpc) is 2.51. The maximum Gasteiger partial charge on any atom is 0.270 e. The third kappa shape index (κ3) is 2.14. The number of hydrogen-bond acceptors (Lipinski definition) is 3. The first kappa shape index (κ1) is 13.9. The van der Waals surface area contributed by atoms with Crippen LogP contribution in [-0.2, 0) is 7.05 Å². The molecule has 0 aliphatic carbocycles. The second-order valence-electron chi connectivity index (χ2n) is 4.93. The van der Waals surface area contributed by atoms with E-state index in [2.05, 4.69) is 0 Å². The molecule has 2 aromatic carbocycles. The molecule has 22 heavy (non-hydrogen) atoms. The van der Waals surface area contributed by atoms with Crippen molar-refractivity contribution in [1.82, 2.24) is 4.57 Å². The Morgan fingerprint density at radius 1 is 1.09 bits per heavy atom. The van der Waals surface area contributed by atoms with Crippen molar-refractivity contribution in [2.45, 2.75) is 0 Å². The second kappa shape index (κ2) is 5.07. The highest BCUT2D eigenvalue weighted by atomic mass is 19.1. The molecule has 0 bridgehead atoms. The van der Waals surface area contributed by atoms with Gasteiger partial charge in [0.1, 0.15) is 5.82 Å². The highest BCUT2D eigenvalue weighted by Gasteiger charge is 2.16. The maximum absolute atomic E-state index is 14.2. The van der Waals surface area contributed by atoms with Gasteiger partial charge in [0.15, 0.2) is 0 Å². The summed E-state index contributed by atoms with van der Waals surface area (Å²) in [6.07, 6.45) is 1.49. The smallest absolute Gasteiger partial charge is 0.270 e. The second-order valence-corrected chi connectivity index (χ2v) is 4.93. The molecular formula is C16H11FN2O3. The summed E-state index contributed by atoms with van der Waals surface area (Å²) in [5.41, 5.74) is 0.138. The molecule has 6 heteroatoms. The Morgan fingerprint density at radius 2 is 1.77 bits per heavy atom. The molecular weight excluding hydrogens is 287 g/mol. The molecule has 0 spiro atoms. The minimum Gasteiger partial charge on any atom is -0.317 e. The van der Waals surface area contributed by atoms with Crippen molar-refractivity contribution >= 4 is 16.5 Å². The summed E-state index contributed by atoms with van der Waals surface area (Å²) in [4.78, 5) is 22.5. The molecule has 1 heterocycles. The van der Waals surface area contributed by atoms with Gasteiger partial charge in [0.25, 0.3) is 11.2 Å². The van der Waals surface area contributed by atoms with Crippen molar-refractivity contribution in [3.8, 4) is 11.1 Å². The van der Waals surface area contributed by atoms with Gasteiger partial charge in [-0.1, -0.05) is 18.2 Å². The summed E-state index contributed by atoms with van der Waals surface area (Å²) in [5, 5.41) is 11.9. The van der Waals surface area contributed by atoms with Crippen LogP contribution in [0.1, 0.15) is 0 Å². The molecule has 3 aromatic rings. The summed E-state index contributed by atoms with van der Waals surface area (Å²) >= 11 is 0. The molecule has 0 aliphatic rings. The van der Waals surface area contributed by atoms with Crippen LogP contribution in [-0.4, -0.2) is 9.49 Å². The Morgan fingerprint density at radius 3 is 2.45 bits per heavy atom. The van der Waals surface area contributed by atoms with E-state index in [1.807, 2.05) is 0 Å². The van der Waals surface area contributed by atoms with Gasteiger partial charge in [-0.2, -0.15) is 0 Å². The lowest BCUT2D eigenvalue weighted by atomic mass is 10.00. The standard InChI is InChI=1S/C16H11FN2O3/c1-18-9-14(11-4-2-3-5-12(11)16(18)20)13-8-10(19(21)22)6-7-15(13)17/h2-9H,1H3. The molecule has 0 atom stereocenters. The van der Waals surface area contributed by atoms with Crippen LogP contribution in [0, 0.1) is 15.9 Å². The van der Waals surface area contributed by atoms with Crippen LogP contribution in [0.4, 0.5) is 10.1 Å². The number of nitro groups is 1. The van der Waals surface area contributed by atoms with Crippen molar-refractivity contribution in [3.63, 3.8) is 0 Å². The predicted molar refractivity (Wildman–Crippen MR) is 81.2 cm³/mol. The van der Waals surface area contributed by atoms with Crippen LogP contribution in [0.3, 0.4) is 0 Å². The average molecular weight is 298 g/mol. The fourth-order valence-corrected chi connectivity index (χ4v) is 2.46. The van der Waals surface area contributed by atoms with Gasteiger partial charge in [-0.15, -0.1) is 0 Å². The van der Waals surface area contributed by atoms with Gasteiger partial charge in [-0.05, 0) is 17.5 Å². The van der Waals surface area contributed by atoms with Crippen molar-refractivity contribution < 1.29 is 9.31 Å². The molecule has 0 fully saturated rings. The number of pyridine rings is 1. The van der Waals surface area contributed by atoms with Crippen LogP contribution in [0.5, 0.6) is 0 Å². The monoisotopic (exact) mass is 298 g/mol. The van der Waals surface area contributed by atoms with E-state index in [-0.39, 0.29) is 16.8 Å². The summed E-state index contributed by atoms with van der Waals surface area (Å²) in [6, 6.07) is 10.2. The van der Waals surface area contributed by atoms with Gasteiger partial charge in [0, 0.05) is 41.9 Å². The summed E-state index contributed by atoms with van der Waals surface area (Å²) in [5.74, 6) is -0.575. The lowest BCUT2D eigenvalue weighted by molar-refractivity contribution is -0.384. The number of rotatable bonds is 2. The highest BCUT2D eigenvalue weighted by molar-refractivity contribution is 5.96. The zero-order chi connectivity index (χ0) is 15.9. The summed E-state index contributed by atoms with van der Waals surface area (Å²) < 4.78 is 15.5. The van der Waals surface area contributed by atoms with Crippen molar-refractivity contribution in [1.29, 1.82) is 0 Å². The number of non-ortho nitro benzene ring substituents is 1. The molecule has 3 rings (SSSR count). The molecule has 0 saturated heterocycles. The number of nitro benzene ring substituents is 1. The van der Waals surface area contributed by atoms with E-state index in [0.29, 0.717) is 16.3 Å². The SMILES string of the molecule is Cn1cc(-c2cc([N+](=O)[O-])ccc2F)c2ccccc2c1=O. The maximum atomic E-state index is 14.2. The number of aromatic nitrogens is 1. The van der Waals surface area contributed by atoms with Gasteiger partial charge in [0.2, 0.25) is 0 Å². The molecule has 0 aliphatic heterocycles. The quantitative estimate of drug-likeness (QED) is 0.539. The number of nitrogens with zero attached hydrogens (tertiary/aromatic N) is 2. The number of benzene rings is 2. The van der Waals surface area contributed by atoms with Gasteiger partial charge in [-0.3, -0.25) is 14.9 Å². The van der Waals surface area contributed by atoms with Crippen LogP contribution < -0.4 is 5.56 Å². The minimum atomic E-state index is -0.576. The lowest BCUT2D eigenvalue weighted by Crippen LogP contribution is -2.16. The Hall–Kier alpha value is -3.02. The Kier molecular flexibility index (Phi) is 3.21. The number of fused-ring (bicyclic) bond motifs is 1. The minimum absolute atomic E-state index is 0.0981. The fourth-order valence-electron chi connectivity index (χ4n) is 2.46. The van der Waals surface area contributed by atoms with Gasteiger partial charge in [-0.25, -0.2) is 4.39 Å². The predicted octanol–water partition coefficient (Wildman–Crippen LogP) is 3.25. The third-order valence-corrected chi connectivity index (χ3v) is 3.54. The van der Waals surface area contributed by atoms with E-state index in [9.17, 15) is 19.3 Å². The number of halogens is 1. The van der Waals surface area contributed by atoms with E-state index in [1.54, 1.807) is 31.3 Å². The molecule has 0 radical (unpaired) electrons.